The number of nitrogens with zero attached hydrogens (tertiary/aromatic N) is 2. The van der Waals surface area contributed by atoms with Gasteiger partial charge in [0, 0.05) is 37.8 Å². The second kappa shape index (κ2) is 5.86. The van der Waals surface area contributed by atoms with Crippen molar-refractivity contribution in [1.29, 1.82) is 0 Å². The Morgan fingerprint density at radius 2 is 2.05 bits per heavy atom. The summed E-state index contributed by atoms with van der Waals surface area (Å²) in [6.45, 7) is 5.64. The number of piperazine rings is 1. The van der Waals surface area contributed by atoms with E-state index in [0.717, 1.165) is 38.9 Å². The van der Waals surface area contributed by atoms with Gasteiger partial charge in [0.25, 0.3) is 0 Å². The van der Waals surface area contributed by atoms with Crippen LogP contribution in [-0.4, -0.2) is 66.1 Å². The number of likely N-dealkylation sites (N-methyl/N-ethyl adjacent to an activating group) is 1. The third-order valence-electron chi connectivity index (χ3n) is 5.76. The van der Waals surface area contributed by atoms with Crippen molar-refractivity contribution in [3.63, 3.8) is 0 Å². The molecule has 0 bridgehead atoms. The van der Waals surface area contributed by atoms with Gasteiger partial charge in [-0.1, -0.05) is 0 Å². The SMILES string of the molecule is CC1CN(C2CCCC(NC3CC3)(C(N)=O)C2)CCN1C. The first-order chi connectivity index (χ1) is 10.00. The van der Waals surface area contributed by atoms with E-state index < -0.39 is 5.54 Å². The minimum atomic E-state index is -0.448. The van der Waals surface area contributed by atoms with Crippen LogP contribution in [0.1, 0.15) is 45.4 Å². The molecule has 0 aromatic heterocycles. The number of hydrogen-bond acceptors (Lipinski definition) is 4. The lowest BCUT2D eigenvalue weighted by Crippen LogP contribution is -2.63. The normalized spacial score (nSPS) is 39.3. The van der Waals surface area contributed by atoms with E-state index in [4.69, 9.17) is 5.73 Å². The monoisotopic (exact) mass is 294 g/mol. The highest BCUT2D eigenvalue weighted by molar-refractivity contribution is 5.85. The van der Waals surface area contributed by atoms with Gasteiger partial charge in [-0.05, 0) is 52.5 Å². The molecule has 120 valence electrons. The summed E-state index contributed by atoms with van der Waals surface area (Å²) in [5.74, 6) is -0.138. The maximum atomic E-state index is 12.1. The quantitative estimate of drug-likeness (QED) is 0.794. The maximum Gasteiger partial charge on any atom is 0.237 e. The summed E-state index contributed by atoms with van der Waals surface area (Å²) in [6, 6.07) is 1.64. The molecule has 3 fully saturated rings. The highest BCUT2D eigenvalue weighted by atomic mass is 16.1. The Bertz CT molecular complexity index is 398. The summed E-state index contributed by atoms with van der Waals surface area (Å²) in [4.78, 5) is 17.1. The Kier molecular flexibility index (Phi) is 4.26. The lowest BCUT2D eigenvalue weighted by atomic mass is 9.77. The van der Waals surface area contributed by atoms with Gasteiger partial charge in [0.05, 0.1) is 5.54 Å². The van der Waals surface area contributed by atoms with Crippen molar-refractivity contribution in [3.05, 3.63) is 0 Å². The number of amides is 1. The van der Waals surface area contributed by atoms with Crippen LogP contribution >= 0.6 is 0 Å². The van der Waals surface area contributed by atoms with Gasteiger partial charge in [0.2, 0.25) is 5.91 Å². The third-order valence-corrected chi connectivity index (χ3v) is 5.76. The summed E-state index contributed by atoms with van der Waals surface area (Å²) >= 11 is 0. The summed E-state index contributed by atoms with van der Waals surface area (Å²) in [5, 5.41) is 3.58. The summed E-state index contributed by atoms with van der Waals surface area (Å²) in [6.07, 6.45) is 6.52. The third kappa shape index (κ3) is 3.25. The van der Waals surface area contributed by atoms with Crippen LogP contribution in [0, 0.1) is 0 Å². The van der Waals surface area contributed by atoms with Gasteiger partial charge in [-0.3, -0.25) is 9.69 Å². The van der Waals surface area contributed by atoms with Crippen LogP contribution in [0.25, 0.3) is 0 Å². The Morgan fingerprint density at radius 1 is 1.29 bits per heavy atom. The number of rotatable bonds is 4. The zero-order chi connectivity index (χ0) is 15.0. The largest absolute Gasteiger partial charge is 0.368 e. The molecule has 1 heterocycles. The van der Waals surface area contributed by atoms with Crippen molar-refractivity contribution < 1.29 is 4.79 Å². The second-order valence-corrected chi connectivity index (χ2v) is 7.44. The molecule has 3 rings (SSSR count). The second-order valence-electron chi connectivity index (χ2n) is 7.44. The predicted molar refractivity (Wildman–Crippen MR) is 84.0 cm³/mol. The molecule has 1 amide bonds. The van der Waals surface area contributed by atoms with Gasteiger partial charge >= 0.3 is 0 Å². The van der Waals surface area contributed by atoms with Crippen molar-refractivity contribution >= 4 is 5.91 Å². The van der Waals surface area contributed by atoms with Gasteiger partial charge in [0.15, 0.2) is 0 Å². The van der Waals surface area contributed by atoms with Crippen molar-refractivity contribution in [1.82, 2.24) is 15.1 Å². The zero-order valence-corrected chi connectivity index (χ0v) is 13.5. The molecule has 0 aromatic carbocycles. The van der Waals surface area contributed by atoms with E-state index in [1.165, 1.54) is 19.3 Å². The maximum absolute atomic E-state index is 12.1. The lowest BCUT2D eigenvalue weighted by Gasteiger charge is -2.47. The molecule has 2 aliphatic carbocycles. The van der Waals surface area contributed by atoms with E-state index >= 15 is 0 Å². The fourth-order valence-corrected chi connectivity index (χ4v) is 4.01. The van der Waals surface area contributed by atoms with Gasteiger partial charge in [0.1, 0.15) is 0 Å². The number of primary amides is 1. The van der Waals surface area contributed by atoms with Gasteiger partial charge < -0.3 is 16.0 Å². The molecule has 5 nitrogen and oxygen atoms in total. The highest BCUT2D eigenvalue weighted by Crippen LogP contribution is 2.35. The first-order valence-electron chi connectivity index (χ1n) is 8.52. The first-order valence-corrected chi connectivity index (χ1v) is 8.52. The summed E-state index contributed by atoms with van der Waals surface area (Å²) < 4.78 is 0. The minimum absolute atomic E-state index is 0.138. The van der Waals surface area contributed by atoms with E-state index in [2.05, 4.69) is 29.1 Å². The lowest BCUT2D eigenvalue weighted by molar-refractivity contribution is -0.127. The summed E-state index contributed by atoms with van der Waals surface area (Å²) in [7, 11) is 2.20. The molecular weight excluding hydrogens is 264 g/mol. The predicted octanol–water partition coefficient (Wildman–Crippen LogP) is 0.541. The molecule has 3 N–H and O–H groups in total. The molecule has 5 heteroatoms. The van der Waals surface area contributed by atoms with Crippen molar-refractivity contribution in [3.8, 4) is 0 Å². The molecule has 0 aromatic rings. The fourth-order valence-electron chi connectivity index (χ4n) is 4.01. The average Bonchev–Trinajstić information content (AvgIpc) is 3.26. The topological polar surface area (TPSA) is 61.6 Å². The minimum Gasteiger partial charge on any atom is -0.368 e. The molecule has 21 heavy (non-hydrogen) atoms. The molecule has 3 atom stereocenters. The smallest absolute Gasteiger partial charge is 0.237 e. The van der Waals surface area contributed by atoms with Crippen LogP contribution in [0.3, 0.4) is 0 Å². The molecule has 3 unspecified atom stereocenters. The molecule has 1 saturated heterocycles. The summed E-state index contributed by atoms with van der Waals surface area (Å²) in [5.41, 5.74) is 5.34. The fraction of sp³-hybridized carbons (Fsp3) is 0.938. The van der Waals surface area contributed by atoms with Gasteiger partial charge in [-0.15, -0.1) is 0 Å². The van der Waals surface area contributed by atoms with Crippen LogP contribution < -0.4 is 11.1 Å². The molecule has 0 spiro atoms. The van der Waals surface area contributed by atoms with Gasteiger partial charge in [-0.25, -0.2) is 0 Å². The molecule has 2 saturated carbocycles. The molecule has 3 aliphatic rings. The molecular formula is C16H30N4O. The molecule has 1 aliphatic heterocycles. The Hall–Kier alpha value is -0.650. The van der Waals surface area contributed by atoms with Crippen LogP contribution in [0.15, 0.2) is 0 Å². The van der Waals surface area contributed by atoms with Crippen LogP contribution in [-0.2, 0) is 4.79 Å². The Balaban J connectivity index is 1.67. The van der Waals surface area contributed by atoms with Crippen LogP contribution in [0.5, 0.6) is 0 Å². The number of nitrogens with one attached hydrogen (secondary N) is 1. The van der Waals surface area contributed by atoms with E-state index in [1.807, 2.05) is 0 Å². The standard InChI is InChI=1S/C16H30N4O/c1-12-11-20(9-8-19(12)2)14-4-3-7-16(10-14,15(17)21)18-13-5-6-13/h12-14,18H,3-11H2,1-2H3,(H2,17,21). The van der Waals surface area contributed by atoms with Gasteiger partial charge in [-0.2, -0.15) is 0 Å². The van der Waals surface area contributed by atoms with Crippen LogP contribution in [0.4, 0.5) is 0 Å². The van der Waals surface area contributed by atoms with Crippen LogP contribution in [0.2, 0.25) is 0 Å². The van der Waals surface area contributed by atoms with Crippen molar-refractivity contribution in [2.45, 2.75) is 69.1 Å². The molecule has 0 radical (unpaired) electrons. The number of carbonyl (C=O) groups is 1. The average molecular weight is 294 g/mol. The number of carbonyl (C=O) groups excluding carboxylic acids is 1. The van der Waals surface area contributed by atoms with Crippen molar-refractivity contribution in [2.75, 3.05) is 26.7 Å². The van der Waals surface area contributed by atoms with Crippen molar-refractivity contribution in [2.24, 2.45) is 5.73 Å². The number of hydrogen-bond donors (Lipinski definition) is 2. The van der Waals surface area contributed by atoms with E-state index in [-0.39, 0.29) is 5.91 Å². The zero-order valence-electron chi connectivity index (χ0n) is 13.5. The highest BCUT2D eigenvalue weighted by Gasteiger charge is 2.46. The Labute approximate surface area is 128 Å². The van der Waals surface area contributed by atoms with E-state index in [0.29, 0.717) is 18.1 Å². The number of nitrogens with two attached hydrogens (primary N) is 1. The van der Waals surface area contributed by atoms with E-state index in [1.54, 1.807) is 0 Å². The Morgan fingerprint density at radius 3 is 2.67 bits per heavy atom. The van der Waals surface area contributed by atoms with E-state index in [9.17, 15) is 4.79 Å². The first kappa shape index (κ1) is 15.3.